The Labute approximate surface area is 90.6 Å². The van der Waals surface area contributed by atoms with E-state index in [4.69, 9.17) is 5.11 Å². The summed E-state index contributed by atoms with van der Waals surface area (Å²) in [6.07, 6.45) is 2.25. The number of carbonyl (C=O) groups is 1. The molecule has 1 aromatic rings. The van der Waals surface area contributed by atoms with Crippen molar-refractivity contribution in [2.45, 2.75) is 17.7 Å². The van der Waals surface area contributed by atoms with Crippen molar-refractivity contribution in [3.63, 3.8) is 0 Å². The van der Waals surface area contributed by atoms with Crippen LogP contribution in [-0.2, 0) is 10.8 Å². The van der Waals surface area contributed by atoms with Crippen LogP contribution in [0.3, 0.4) is 0 Å². The number of carboxylic acid groups (broad SMARTS) is 1. The summed E-state index contributed by atoms with van der Waals surface area (Å²) in [5.41, 5.74) is 0.163. The van der Waals surface area contributed by atoms with Crippen molar-refractivity contribution in [1.29, 1.82) is 0 Å². The molecular formula is C11H12O3S. The Morgan fingerprint density at radius 3 is 2.67 bits per heavy atom. The third-order valence-corrected chi connectivity index (χ3v) is 4.07. The van der Waals surface area contributed by atoms with Crippen LogP contribution in [0.4, 0.5) is 0 Å². The highest BCUT2D eigenvalue weighted by molar-refractivity contribution is 7.85. The summed E-state index contributed by atoms with van der Waals surface area (Å²) in [6, 6.07) is 6.53. The fourth-order valence-electron chi connectivity index (χ4n) is 1.43. The first-order chi connectivity index (χ1) is 7.18. The van der Waals surface area contributed by atoms with Gasteiger partial charge in [-0.25, -0.2) is 4.79 Å². The number of aromatic carboxylic acids is 1. The Morgan fingerprint density at radius 1 is 1.40 bits per heavy atom. The average Bonchev–Trinajstić information content (AvgIpc) is 3.01. The molecule has 0 aliphatic heterocycles. The molecule has 0 bridgehead atoms. The number of hydrogen-bond acceptors (Lipinski definition) is 2. The summed E-state index contributed by atoms with van der Waals surface area (Å²) in [5.74, 6) is 0.132. The summed E-state index contributed by atoms with van der Waals surface area (Å²) < 4.78 is 11.9. The Morgan fingerprint density at radius 2 is 2.07 bits per heavy atom. The quantitative estimate of drug-likeness (QED) is 0.849. The maximum atomic E-state index is 11.9. The molecule has 1 aromatic carbocycles. The Balaban J connectivity index is 2.24. The van der Waals surface area contributed by atoms with Gasteiger partial charge in [-0.2, -0.15) is 0 Å². The predicted octanol–water partition coefficient (Wildman–Crippen LogP) is 1.90. The van der Waals surface area contributed by atoms with Crippen molar-refractivity contribution in [1.82, 2.24) is 0 Å². The number of carboxylic acids is 1. The van der Waals surface area contributed by atoms with E-state index in [1.165, 1.54) is 6.07 Å². The van der Waals surface area contributed by atoms with E-state index in [0.717, 1.165) is 12.8 Å². The topological polar surface area (TPSA) is 54.4 Å². The summed E-state index contributed by atoms with van der Waals surface area (Å²) in [4.78, 5) is 11.3. The third kappa shape index (κ3) is 2.45. The lowest BCUT2D eigenvalue weighted by Gasteiger charge is -2.04. The molecule has 0 aromatic heterocycles. The van der Waals surface area contributed by atoms with E-state index < -0.39 is 16.8 Å². The van der Waals surface area contributed by atoms with Gasteiger partial charge in [0.2, 0.25) is 0 Å². The van der Waals surface area contributed by atoms with Crippen LogP contribution in [0.5, 0.6) is 0 Å². The number of hydrogen-bond donors (Lipinski definition) is 1. The molecule has 0 amide bonds. The minimum atomic E-state index is -1.16. The molecule has 2 rings (SSSR count). The molecule has 1 unspecified atom stereocenters. The fraction of sp³-hybridized carbons (Fsp3) is 0.364. The molecule has 3 nitrogen and oxygen atoms in total. The molecule has 4 heteroatoms. The maximum absolute atomic E-state index is 11.9. The highest BCUT2D eigenvalue weighted by Gasteiger charge is 2.25. The standard InChI is InChI=1S/C11H12O3S/c12-11(13)9-3-1-2-4-10(9)15(14)7-8-5-6-8/h1-4,8H,5-7H2,(H,12,13). The molecule has 1 aliphatic carbocycles. The first-order valence-corrected chi connectivity index (χ1v) is 6.21. The van der Waals surface area contributed by atoms with Crippen molar-refractivity contribution < 1.29 is 14.1 Å². The minimum Gasteiger partial charge on any atom is -0.478 e. The smallest absolute Gasteiger partial charge is 0.336 e. The zero-order valence-electron chi connectivity index (χ0n) is 8.18. The average molecular weight is 224 g/mol. The monoisotopic (exact) mass is 224 g/mol. The van der Waals surface area contributed by atoms with Crippen LogP contribution in [0.15, 0.2) is 29.2 Å². The molecule has 0 saturated heterocycles. The second kappa shape index (κ2) is 4.14. The molecule has 1 aliphatic rings. The van der Waals surface area contributed by atoms with Gasteiger partial charge >= 0.3 is 5.97 Å². The third-order valence-electron chi connectivity index (χ3n) is 2.45. The van der Waals surface area contributed by atoms with Gasteiger partial charge in [0.1, 0.15) is 0 Å². The van der Waals surface area contributed by atoms with E-state index >= 15 is 0 Å². The highest BCUT2D eigenvalue weighted by Crippen LogP contribution is 2.31. The first kappa shape index (κ1) is 10.4. The normalized spacial score (nSPS) is 17.3. The highest BCUT2D eigenvalue weighted by atomic mass is 32.2. The Bertz CT molecular complexity index is 410. The lowest BCUT2D eigenvalue weighted by atomic mass is 10.2. The van der Waals surface area contributed by atoms with Crippen LogP contribution in [0.25, 0.3) is 0 Å². The lowest BCUT2D eigenvalue weighted by Crippen LogP contribution is -2.07. The molecule has 15 heavy (non-hydrogen) atoms. The zero-order chi connectivity index (χ0) is 10.8. The second-order valence-corrected chi connectivity index (χ2v) is 5.22. The van der Waals surface area contributed by atoms with Crippen LogP contribution < -0.4 is 0 Å². The van der Waals surface area contributed by atoms with Crippen LogP contribution >= 0.6 is 0 Å². The molecule has 1 N–H and O–H groups in total. The van der Waals surface area contributed by atoms with E-state index in [-0.39, 0.29) is 5.56 Å². The Hall–Kier alpha value is -1.16. The van der Waals surface area contributed by atoms with Gasteiger partial charge in [0, 0.05) is 5.75 Å². The van der Waals surface area contributed by atoms with Crippen LogP contribution in [-0.4, -0.2) is 21.0 Å². The molecule has 0 radical (unpaired) electrons. The van der Waals surface area contributed by atoms with E-state index in [1.807, 2.05) is 0 Å². The van der Waals surface area contributed by atoms with Gasteiger partial charge in [-0.15, -0.1) is 0 Å². The predicted molar refractivity (Wildman–Crippen MR) is 57.4 cm³/mol. The summed E-state index contributed by atoms with van der Waals surface area (Å²) in [7, 11) is -1.16. The maximum Gasteiger partial charge on any atom is 0.336 e. The summed E-state index contributed by atoms with van der Waals surface area (Å²) in [5, 5.41) is 8.93. The van der Waals surface area contributed by atoms with Gasteiger partial charge < -0.3 is 5.11 Å². The molecule has 80 valence electrons. The van der Waals surface area contributed by atoms with Crippen molar-refractivity contribution in [3.8, 4) is 0 Å². The second-order valence-electron chi connectivity index (χ2n) is 3.76. The molecular weight excluding hydrogens is 212 g/mol. The first-order valence-electron chi connectivity index (χ1n) is 4.89. The van der Waals surface area contributed by atoms with Crippen molar-refractivity contribution >= 4 is 16.8 Å². The molecule has 1 saturated carbocycles. The van der Waals surface area contributed by atoms with E-state index in [9.17, 15) is 9.00 Å². The van der Waals surface area contributed by atoms with Crippen molar-refractivity contribution in [3.05, 3.63) is 29.8 Å². The van der Waals surface area contributed by atoms with Gasteiger partial charge in [-0.05, 0) is 30.9 Å². The SMILES string of the molecule is O=C(O)c1ccccc1S(=O)CC1CC1. The lowest BCUT2D eigenvalue weighted by molar-refractivity contribution is 0.0693. The Kier molecular flexibility index (Phi) is 2.86. The number of rotatable bonds is 4. The van der Waals surface area contributed by atoms with Gasteiger partial charge in [0.15, 0.2) is 0 Å². The van der Waals surface area contributed by atoms with Crippen molar-refractivity contribution in [2.75, 3.05) is 5.75 Å². The zero-order valence-corrected chi connectivity index (χ0v) is 9.00. The van der Waals surface area contributed by atoms with Gasteiger partial charge in [0.05, 0.1) is 21.3 Å². The number of benzene rings is 1. The van der Waals surface area contributed by atoms with E-state index in [0.29, 0.717) is 16.6 Å². The van der Waals surface area contributed by atoms with Crippen LogP contribution in [0, 0.1) is 5.92 Å². The van der Waals surface area contributed by atoms with Crippen LogP contribution in [0.1, 0.15) is 23.2 Å². The summed E-state index contributed by atoms with van der Waals surface area (Å²) in [6.45, 7) is 0. The van der Waals surface area contributed by atoms with Gasteiger partial charge in [-0.3, -0.25) is 4.21 Å². The molecule has 0 heterocycles. The molecule has 1 fully saturated rings. The molecule has 1 atom stereocenters. The minimum absolute atomic E-state index is 0.163. The largest absolute Gasteiger partial charge is 0.478 e. The van der Waals surface area contributed by atoms with E-state index in [1.54, 1.807) is 18.2 Å². The van der Waals surface area contributed by atoms with Gasteiger partial charge in [0.25, 0.3) is 0 Å². The molecule has 0 spiro atoms. The van der Waals surface area contributed by atoms with Crippen LogP contribution in [0.2, 0.25) is 0 Å². The summed E-state index contributed by atoms with van der Waals surface area (Å²) >= 11 is 0. The fourth-order valence-corrected chi connectivity index (χ4v) is 3.00. The van der Waals surface area contributed by atoms with Gasteiger partial charge in [-0.1, -0.05) is 12.1 Å². The van der Waals surface area contributed by atoms with E-state index in [2.05, 4.69) is 0 Å². The van der Waals surface area contributed by atoms with Crippen molar-refractivity contribution in [2.24, 2.45) is 5.92 Å².